The van der Waals surface area contributed by atoms with Crippen molar-refractivity contribution >= 4 is 51.3 Å². The van der Waals surface area contributed by atoms with Gasteiger partial charge in [0.05, 0.1) is 0 Å². The maximum absolute atomic E-state index is 10.5. The summed E-state index contributed by atoms with van der Waals surface area (Å²) in [6, 6.07) is 4.04. The molecule has 20 heavy (non-hydrogen) atoms. The Balaban J connectivity index is 2.86. The van der Waals surface area contributed by atoms with Gasteiger partial charge in [-0.1, -0.05) is 25.5 Å². The second-order valence-electron chi connectivity index (χ2n) is 4.18. The van der Waals surface area contributed by atoms with E-state index >= 15 is 0 Å². The fourth-order valence-corrected chi connectivity index (χ4v) is 3.84. The van der Waals surface area contributed by atoms with Gasteiger partial charge in [0.1, 0.15) is 11.5 Å². The Kier molecular flexibility index (Phi) is 6.89. The SMILES string of the molecule is CCCC(Oc1cccc(/C=C/C(=O)O)c1)[Si](Cl)(Cl)Cl. The van der Waals surface area contributed by atoms with Crippen LogP contribution >= 0.6 is 33.2 Å². The zero-order valence-corrected chi connectivity index (χ0v) is 14.1. The van der Waals surface area contributed by atoms with Gasteiger partial charge in [-0.2, -0.15) is 0 Å². The molecule has 0 aliphatic heterocycles. The number of aliphatic carboxylic acids is 1. The van der Waals surface area contributed by atoms with E-state index in [0.29, 0.717) is 17.7 Å². The maximum Gasteiger partial charge on any atom is 0.381 e. The summed E-state index contributed by atoms with van der Waals surface area (Å²) in [6.45, 7) is 1.99. The van der Waals surface area contributed by atoms with Gasteiger partial charge in [-0.25, -0.2) is 4.79 Å². The molecule has 110 valence electrons. The molecule has 1 aromatic rings. The summed E-state index contributed by atoms with van der Waals surface area (Å²) in [7, 11) is 0. The van der Waals surface area contributed by atoms with E-state index in [4.69, 9.17) is 43.1 Å². The second kappa shape index (κ2) is 7.93. The van der Waals surface area contributed by atoms with Crippen molar-refractivity contribution in [3.63, 3.8) is 0 Å². The lowest BCUT2D eigenvalue weighted by atomic mass is 10.2. The van der Waals surface area contributed by atoms with Crippen LogP contribution < -0.4 is 4.74 Å². The Hall–Kier alpha value is -0.683. The van der Waals surface area contributed by atoms with E-state index in [2.05, 4.69) is 0 Å². The Morgan fingerprint density at radius 2 is 2.15 bits per heavy atom. The lowest BCUT2D eigenvalue weighted by molar-refractivity contribution is -0.131. The van der Waals surface area contributed by atoms with Gasteiger partial charge >= 0.3 is 12.0 Å². The Bertz CT molecular complexity index is 486. The molecule has 7 heteroatoms. The predicted octanol–water partition coefficient (Wildman–Crippen LogP) is 4.53. The molecule has 0 saturated carbocycles. The maximum atomic E-state index is 10.5. The second-order valence-corrected chi connectivity index (χ2v) is 13.0. The van der Waals surface area contributed by atoms with Crippen molar-refractivity contribution in [1.29, 1.82) is 0 Å². The molecule has 0 bridgehead atoms. The molecule has 1 atom stereocenters. The number of hydrogen-bond acceptors (Lipinski definition) is 2. The van der Waals surface area contributed by atoms with Crippen LogP contribution in [0.1, 0.15) is 25.3 Å². The molecular formula is C13H15Cl3O3Si. The number of rotatable bonds is 7. The highest BCUT2D eigenvalue weighted by Gasteiger charge is 2.38. The van der Waals surface area contributed by atoms with Crippen LogP contribution in [0.5, 0.6) is 5.75 Å². The van der Waals surface area contributed by atoms with Crippen LogP contribution in [0.4, 0.5) is 0 Å². The minimum absolute atomic E-state index is 0.420. The molecule has 0 saturated heterocycles. The van der Waals surface area contributed by atoms with E-state index in [1.54, 1.807) is 24.3 Å². The quantitative estimate of drug-likeness (QED) is 0.445. The van der Waals surface area contributed by atoms with Crippen molar-refractivity contribution in [2.45, 2.75) is 25.5 Å². The zero-order chi connectivity index (χ0) is 15.2. The summed E-state index contributed by atoms with van der Waals surface area (Å²) in [5, 5.41) is 8.60. The standard InChI is InChI=1S/C13H15Cl3O3Si/c1-2-4-13(20(14,15)16)19-11-6-3-5-10(9-11)7-8-12(17)18/h3,5-9,13H,2,4H2,1H3,(H,17,18)/b8-7+. The highest BCUT2D eigenvalue weighted by atomic mass is 35.8. The third-order valence-corrected chi connectivity index (χ3v) is 5.80. The molecule has 0 aromatic heterocycles. The van der Waals surface area contributed by atoms with Crippen molar-refractivity contribution in [3.8, 4) is 5.75 Å². The van der Waals surface area contributed by atoms with Gasteiger partial charge in [-0.15, -0.1) is 33.2 Å². The van der Waals surface area contributed by atoms with Gasteiger partial charge in [0.15, 0.2) is 0 Å². The Labute approximate surface area is 133 Å². The summed E-state index contributed by atoms with van der Waals surface area (Å²) in [4.78, 5) is 10.5. The molecule has 0 aliphatic rings. The summed E-state index contributed by atoms with van der Waals surface area (Å²) < 4.78 is 5.75. The minimum atomic E-state index is -2.96. The Morgan fingerprint density at radius 3 is 2.70 bits per heavy atom. The number of halogens is 3. The molecule has 1 unspecified atom stereocenters. The van der Waals surface area contributed by atoms with Gasteiger partial charge in [-0.3, -0.25) is 0 Å². The average molecular weight is 354 g/mol. The number of carboxylic acids is 1. The first-order valence-electron chi connectivity index (χ1n) is 6.07. The van der Waals surface area contributed by atoms with Crippen LogP contribution in [0, 0.1) is 0 Å². The molecule has 1 rings (SSSR count). The normalized spacial score (nSPS) is 13.4. The summed E-state index contributed by atoms with van der Waals surface area (Å²) in [6.07, 6.45) is 4.06. The summed E-state index contributed by atoms with van der Waals surface area (Å²) in [5.41, 5.74) is 0.294. The van der Waals surface area contributed by atoms with Gasteiger partial charge in [0.2, 0.25) is 0 Å². The van der Waals surface area contributed by atoms with Gasteiger partial charge in [0.25, 0.3) is 0 Å². The van der Waals surface area contributed by atoms with Crippen LogP contribution in [0.2, 0.25) is 0 Å². The molecule has 0 heterocycles. The average Bonchev–Trinajstić information content (AvgIpc) is 2.35. The third-order valence-electron chi connectivity index (χ3n) is 2.47. The van der Waals surface area contributed by atoms with Crippen LogP contribution in [0.15, 0.2) is 30.3 Å². The lowest BCUT2D eigenvalue weighted by Gasteiger charge is -2.23. The van der Waals surface area contributed by atoms with Gasteiger partial charge < -0.3 is 9.84 Å². The molecule has 1 aromatic carbocycles. The first-order valence-corrected chi connectivity index (χ1v) is 11.2. The van der Waals surface area contributed by atoms with Crippen LogP contribution in [0.3, 0.4) is 0 Å². The van der Waals surface area contributed by atoms with Crippen molar-refractivity contribution in [1.82, 2.24) is 0 Å². The minimum Gasteiger partial charge on any atom is -0.490 e. The highest BCUT2D eigenvalue weighted by molar-refractivity contribution is 7.65. The smallest absolute Gasteiger partial charge is 0.381 e. The molecule has 3 nitrogen and oxygen atoms in total. The van der Waals surface area contributed by atoms with E-state index in [-0.39, 0.29) is 0 Å². The summed E-state index contributed by atoms with van der Waals surface area (Å²) >= 11 is 18.1. The van der Waals surface area contributed by atoms with E-state index in [9.17, 15) is 4.79 Å². The fourth-order valence-electron chi connectivity index (χ4n) is 1.57. The highest BCUT2D eigenvalue weighted by Crippen LogP contribution is 2.30. The number of hydrogen-bond donors (Lipinski definition) is 1. The molecular weight excluding hydrogens is 339 g/mol. The first-order chi connectivity index (χ1) is 9.32. The molecule has 1 N–H and O–H groups in total. The Morgan fingerprint density at radius 1 is 1.45 bits per heavy atom. The van der Waals surface area contributed by atoms with Crippen LogP contribution in [0.25, 0.3) is 6.08 Å². The molecule has 0 radical (unpaired) electrons. The molecule has 0 spiro atoms. The molecule has 0 fully saturated rings. The third kappa shape index (κ3) is 6.18. The van der Waals surface area contributed by atoms with E-state index in [0.717, 1.165) is 12.5 Å². The number of benzene rings is 1. The van der Waals surface area contributed by atoms with Crippen molar-refractivity contribution < 1.29 is 14.6 Å². The lowest BCUT2D eigenvalue weighted by Crippen LogP contribution is -2.36. The van der Waals surface area contributed by atoms with Gasteiger partial charge in [-0.05, 0) is 30.2 Å². The van der Waals surface area contributed by atoms with Crippen molar-refractivity contribution in [2.75, 3.05) is 0 Å². The van der Waals surface area contributed by atoms with Crippen LogP contribution in [-0.4, -0.2) is 22.8 Å². The molecule has 0 aliphatic carbocycles. The molecule has 0 amide bonds. The van der Waals surface area contributed by atoms with Crippen molar-refractivity contribution in [2.24, 2.45) is 0 Å². The summed E-state index contributed by atoms with van der Waals surface area (Å²) in [5.74, 6) is -0.441. The van der Waals surface area contributed by atoms with Gasteiger partial charge in [0, 0.05) is 6.08 Å². The first kappa shape index (κ1) is 17.4. The van der Waals surface area contributed by atoms with Crippen LogP contribution in [-0.2, 0) is 4.79 Å². The largest absolute Gasteiger partial charge is 0.490 e. The van der Waals surface area contributed by atoms with Crippen molar-refractivity contribution in [3.05, 3.63) is 35.9 Å². The predicted molar refractivity (Wildman–Crippen MR) is 85.7 cm³/mol. The van der Waals surface area contributed by atoms with E-state index in [1.807, 2.05) is 6.92 Å². The topological polar surface area (TPSA) is 46.5 Å². The fraction of sp³-hybridized carbons (Fsp3) is 0.308. The number of carboxylic acid groups (broad SMARTS) is 1. The van der Waals surface area contributed by atoms with E-state index in [1.165, 1.54) is 6.08 Å². The number of ether oxygens (including phenoxy) is 1. The van der Waals surface area contributed by atoms with E-state index < -0.39 is 17.7 Å². The monoisotopic (exact) mass is 352 g/mol. The zero-order valence-electron chi connectivity index (χ0n) is 10.9. The number of carbonyl (C=O) groups is 1.